The maximum absolute atomic E-state index is 12.3. The van der Waals surface area contributed by atoms with Gasteiger partial charge in [-0.3, -0.25) is 0 Å². The highest BCUT2D eigenvalue weighted by Gasteiger charge is 2.68. The van der Waals surface area contributed by atoms with Crippen LogP contribution >= 0.6 is 0 Å². The number of nitrogens with zero attached hydrogens (tertiary/aromatic N) is 1. The van der Waals surface area contributed by atoms with Crippen LogP contribution < -0.4 is 4.90 Å². The van der Waals surface area contributed by atoms with Gasteiger partial charge in [0.25, 0.3) is 0 Å². The van der Waals surface area contributed by atoms with Crippen molar-refractivity contribution in [3.8, 4) is 0 Å². The van der Waals surface area contributed by atoms with Crippen molar-refractivity contribution in [2.45, 2.75) is 61.9 Å². The molecule has 0 spiro atoms. The summed E-state index contributed by atoms with van der Waals surface area (Å²) in [5.74, 6) is 0. The molecule has 188 valence electrons. The first-order valence-electron chi connectivity index (χ1n) is 8.60. The van der Waals surface area contributed by atoms with Crippen LogP contribution in [0.4, 0.5) is 43.9 Å². The summed E-state index contributed by atoms with van der Waals surface area (Å²) in [4.78, 5) is 1.86. The molecular formula is C13H20F10N2O4S2. The molecule has 1 fully saturated rings. The van der Waals surface area contributed by atoms with Crippen LogP contribution in [0.2, 0.25) is 0 Å². The van der Waals surface area contributed by atoms with E-state index in [0.29, 0.717) is 4.13 Å². The summed E-state index contributed by atoms with van der Waals surface area (Å²) in [5, 5.41) is -14.0. The van der Waals surface area contributed by atoms with Crippen LogP contribution in [0.5, 0.6) is 0 Å². The van der Waals surface area contributed by atoms with E-state index in [0.717, 1.165) is 0 Å². The molecule has 0 aromatic heterocycles. The minimum atomic E-state index is -7.62. The van der Waals surface area contributed by atoms with Gasteiger partial charge >= 0.3 is 22.9 Å². The van der Waals surface area contributed by atoms with Gasteiger partial charge in [-0.05, 0) is 12.8 Å². The molecule has 0 aliphatic carbocycles. The van der Waals surface area contributed by atoms with Gasteiger partial charge in [0, 0.05) is 12.8 Å². The zero-order valence-electron chi connectivity index (χ0n) is 15.8. The van der Waals surface area contributed by atoms with Crippen molar-refractivity contribution >= 4 is 20.0 Å². The van der Waals surface area contributed by atoms with E-state index in [1.165, 1.54) is 51.7 Å². The zero-order chi connectivity index (χ0) is 24.9. The molecule has 18 heteroatoms. The molecule has 1 aliphatic heterocycles. The van der Waals surface area contributed by atoms with Crippen LogP contribution in [0.25, 0.3) is 4.13 Å². The number of hydrogen-bond acceptors (Lipinski definition) is 4. The lowest BCUT2D eigenvalue weighted by Crippen LogP contribution is -3.09. The molecule has 0 bridgehead atoms. The number of alkyl halides is 10. The second kappa shape index (κ2) is 10.4. The summed E-state index contributed by atoms with van der Waals surface area (Å²) < 4.78 is 161. The van der Waals surface area contributed by atoms with E-state index in [2.05, 4.69) is 6.92 Å². The molecule has 31 heavy (non-hydrogen) atoms. The van der Waals surface area contributed by atoms with Crippen LogP contribution in [0.15, 0.2) is 0 Å². The Kier molecular flexibility index (Phi) is 10.1. The van der Waals surface area contributed by atoms with Gasteiger partial charge < -0.3 is 9.03 Å². The molecule has 0 unspecified atom stereocenters. The Morgan fingerprint density at radius 3 is 1.35 bits per heavy atom. The van der Waals surface area contributed by atoms with Gasteiger partial charge in [-0.2, -0.15) is 43.9 Å². The van der Waals surface area contributed by atoms with E-state index in [1.807, 2.05) is 4.90 Å². The van der Waals surface area contributed by atoms with E-state index in [4.69, 9.17) is 0 Å². The third kappa shape index (κ3) is 7.59. The van der Waals surface area contributed by atoms with Crippen molar-refractivity contribution in [3.05, 3.63) is 4.13 Å². The number of rotatable bonds is 8. The molecular weight excluding hydrogens is 502 g/mol. The predicted octanol–water partition coefficient (Wildman–Crippen LogP) is 3.19. The smallest absolute Gasteiger partial charge is 0.425 e. The van der Waals surface area contributed by atoms with Crippen molar-refractivity contribution in [2.75, 3.05) is 19.6 Å². The van der Waals surface area contributed by atoms with Gasteiger partial charge in [-0.25, -0.2) is 16.8 Å². The van der Waals surface area contributed by atoms with E-state index >= 15 is 0 Å². The van der Waals surface area contributed by atoms with Gasteiger partial charge in [0.2, 0.25) is 0 Å². The summed E-state index contributed by atoms with van der Waals surface area (Å²) in [6.45, 7) is 6.61. The van der Waals surface area contributed by atoms with Crippen molar-refractivity contribution in [1.82, 2.24) is 0 Å². The van der Waals surface area contributed by atoms with E-state index in [9.17, 15) is 60.7 Å². The molecule has 1 rings (SSSR count). The number of unbranched alkanes of at least 4 members (excludes halogenated alkanes) is 2. The second-order valence-corrected chi connectivity index (χ2v) is 9.99. The minimum absolute atomic E-state index is 0.422. The molecule has 1 saturated heterocycles. The number of likely N-dealkylation sites (tertiary alicyclic amines) is 1. The third-order valence-corrected chi connectivity index (χ3v) is 7.28. The predicted molar refractivity (Wildman–Crippen MR) is 87.5 cm³/mol. The third-order valence-electron chi connectivity index (χ3n) is 3.95. The first-order valence-corrected chi connectivity index (χ1v) is 11.5. The van der Waals surface area contributed by atoms with Crippen molar-refractivity contribution in [3.63, 3.8) is 0 Å². The van der Waals surface area contributed by atoms with Crippen molar-refractivity contribution < 1.29 is 65.6 Å². The minimum Gasteiger partial charge on any atom is -0.425 e. The molecule has 0 radical (unpaired) electrons. The number of quaternary nitrogens is 1. The molecule has 0 aromatic carbocycles. The number of sulfonamides is 2. The highest BCUT2D eigenvalue weighted by Crippen LogP contribution is 2.47. The Labute approximate surface area is 172 Å². The second-order valence-electron chi connectivity index (χ2n) is 6.47. The maximum atomic E-state index is 12.3. The number of hydrogen-bond donors (Lipinski definition) is 1. The van der Waals surface area contributed by atoms with Gasteiger partial charge in [-0.1, -0.05) is 13.3 Å². The van der Waals surface area contributed by atoms with Gasteiger partial charge in [0.05, 0.1) is 19.6 Å². The lowest BCUT2D eigenvalue weighted by Gasteiger charge is -2.31. The summed E-state index contributed by atoms with van der Waals surface area (Å²) in [6.07, 6.45) is -6.80. The molecule has 0 amide bonds. The Morgan fingerprint density at radius 1 is 0.710 bits per heavy atom. The number of halogens is 10. The molecule has 1 heterocycles. The van der Waals surface area contributed by atoms with Crippen LogP contribution in [0.1, 0.15) is 39.0 Å². The van der Waals surface area contributed by atoms with Crippen molar-refractivity contribution in [1.29, 1.82) is 0 Å². The molecule has 0 saturated carbocycles. The van der Waals surface area contributed by atoms with Gasteiger partial charge in [0.15, 0.2) is 20.0 Å². The average molecular weight is 522 g/mol. The van der Waals surface area contributed by atoms with Crippen LogP contribution in [-0.4, -0.2) is 59.3 Å². The molecule has 6 nitrogen and oxygen atoms in total. The summed E-state index contributed by atoms with van der Waals surface area (Å²) in [6, 6.07) is 0. The highest BCUT2D eigenvalue weighted by molar-refractivity contribution is 8.13. The van der Waals surface area contributed by atoms with Crippen LogP contribution in [0.3, 0.4) is 0 Å². The monoisotopic (exact) mass is 522 g/mol. The summed E-state index contributed by atoms with van der Waals surface area (Å²) in [5.41, 5.74) is 0. The van der Waals surface area contributed by atoms with Crippen molar-refractivity contribution in [2.24, 2.45) is 0 Å². The topological polar surface area (TPSA) is 86.8 Å². The maximum Gasteiger partial charge on any atom is 0.467 e. The fourth-order valence-electron chi connectivity index (χ4n) is 2.27. The normalized spacial score (nSPS) is 17.4. The lowest BCUT2D eigenvalue weighted by atomic mass is 10.2. The molecule has 0 aromatic rings. The van der Waals surface area contributed by atoms with Crippen LogP contribution in [0, 0.1) is 0 Å². The largest absolute Gasteiger partial charge is 0.467 e. The first kappa shape index (κ1) is 30.1. The van der Waals surface area contributed by atoms with Crippen LogP contribution in [-0.2, 0) is 20.0 Å². The molecule has 1 aliphatic rings. The molecule has 0 atom stereocenters. The standard InChI is InChI=1S/C9H19N.C4F10NO4S2/c1-2-3-4-7-10-8-5-6-9-10;5-1(6,7)3(11,12)20(16,17)15-21(18,19)4(13,14)2(8,9)10/h2-9H2,1H3;/q;-1/p+1. The Morgan fingerprint density at radius 2 is 1.06 bits per heavy atom. The van der Waals surface area contributed by atoms with E-state index in [1.54, 1.807) is 0 Å². The van der Waals surface area contributed by atoms with E-state index in [-0.39, 0.29) is 0 Å². The average Bonchev–Trinajstić information content (AvgIpc) is 3.05. The Hall–Kier alpha value is -0.880. The van der Waals surface area contributed by atoms with Gasteiger partial charge in [0.1, 0.15) is 0 Å². The molecule has 1 N–H and O–H groups in total. The summed E-state index contributed by atoms with van der Waals surface area (Å²) >= 11 is 0. The van der Waals surface area contributed by atoms with Gasteiger partial charge in [-0.15, -0.1) is 0 Å². The Bertz CT molecular complexity index is 719. The highest BCUT2D eigenvalue weighted by atomic mass is 32.3. The fraction of sp³-hybridized carbons (Fsp3) is 1.00. The van der Waals surface area contributed by atoms with E-state index < -0.39 is 42.9 Å². The SMILES string of the molecule is CCCCC[NH+]1CCCC1.O=S(=O)([N-]S(=O)(=O)C(F)(F)C(F)(F)F)C(F)(F)C(F)(F)F. The summed E-state index contributed by atoms with van der Waals surface area (Å²) in [7, 11) is -15.2. The quantitative estimate of drug-likeness (QED) is 0.392. The first-order chi connectivity index (χ1) is 13.6. The zero-order valence-corrected chi connectivity index (χ0v) is 17.5. The Balaban J connectivity index is 0.000000743. The fourth-order valence-corrected chi connectivity index (χ4v) is 4.63. The number of nitrogens with one attached hydrogen (secondary N) is 1. The lowest BCUT2D eigenvalue weighted by molar-refractivity contribution is -0.887.